The maximum Gasteiger partial charge on any atom is 0.344 e. The molecule has 1 N–H and O–H groups in total. The summed E-state index contributed by atoms with van der Waals surface area (Å²) < 4.78 is 17.0. The molecule has 0 bridgehead atoms. The first-order valence-corrected chi connectivity index (χ1v) is 13.3. The number of aliphatic imine (C=N–C) groups is 1. The second-order valence-electron chi connectivity index (χ2n) is 8.09. The van der Waals surface area contributed by atoms with Crippen LogP contribution in [0.25, 0.3) is 0 Å². The van der Waals surface area contributed by atoms with Crippen LogP contribution in [-0.2, 0) is 22.4 Å². The predicted octanol–water partition coefficient (Wildman–Crippen LogP) is 6.34. The number of esters is 1. The maximum atomic E-state index is 13.4. The molecule has 36 heavy (non-hydrogen) atoms. The molecule has 188 valence electrons. The van der Waals surface area contributed by atoms with Crippen LogP contribution < -0.4 is 14.8 Å². The number of rotatable bonds is 9. The van der Waals surface area contributed by atoms with Crippen molar-refractivity contribution in [2.45, 2.75) is 32.6 Å². The largest absolute Gasteiger partial charge is 0.493 e. The Labute approximate surface area is 222 Å². The summed E-state index contributed by atoms with van der Waals surface area (Å²) in [6, 6.07) is 13.0. The Kier molecular flexibility index (Phi) is 8.77. The highest BCUT2D eigenvalue weighted by Crippen LogP contribution is 2.41. The van der Waals surface area contributed by atoms with Crippen LogP contribution in [0.15, 0.2) is 51.9 Å². The number of nitrogens with zero attached hydrogens (tertiary/aromatic N) is 1. The first-order chi connectivity index (χ1) is 17.5. The van der Waals surface area contributed by atoms with Gasteiger partial charge in [0.05, 0.1) is 19.3 Å². The molecule has 0 radical (unpaired) electrons. The molecule has 1 aromatic heterocycles. The number of benzene rings is 2. The van der Waals surface area contributed by atoms with Crippen LogP contribution in [0.4, 0.5) is 10.7 Å². The summed E-state index contributed by atoms with van der Waals surface area (Å²) in [6.45, 7) is 1.75. The zero-order valence-corrected chi connectivity index (χ0v) is 22.5. The number of hydrogen-bond acceptors (Lipinski definition) is 7. The molecular formula is C27H27BrN2O5S. The second-order valence-corrected chi connectivity index (χ2v) is 10.1. The van der Waals surface area contributed by atoms with Crippen LogP contribution >= 0.6 is 27.3 Å². The number of aryl methyl sites for hydroxylation is 1. The van der Waals surface area contributed by atoms with Crippen molar-refractivity contribution in [1.29, 1.82) is 0 Å². The number of thiophene rings is 1. The molecule has 1 heterocycles. The average Bonchev–Trinajstić information content (AvgIpc) is 3.25. The van der Waals surface area contributed by atoms with E-state index in [-0.39, 0.29) is 19.1 Å². The van der Waals surface area contributed by atoms with Crippen LogP contribution in [0.3, 0.4) is 0 Å². The minimum atomic E-state index is -0.476. The molecule has 0 spiro atoms. The van der Waals surface area contributed by atoms with Gasteiger partial charge in [0.1, 0.15) is 5.00 Å². The van der Waals surface area contributed by atoms with E-state index in [1.54, 1.807) is 30.5 Å². The molecule has 1 aliphatic carbocycles. The maximum absolute atomic E-state index is 13.4. The fourth-order valence-electron chi connectivity index (χ4n) is 4.04. The number of anilines is 1. The number of nitrogens with one attached hydrogen (secondary N) is 1. The van der Waals surface area contributed by atoms with Crippen molar-refractivity contribution in [3.05, 3.63) is 68.5 Å². The van der Waals surface area contributed by atoms with Gasteiger partial charge in [0.2, 0.25) is 0 Å². The molecule has 0 saturated heterocycles. The molecule has 7 nitrogen and oxygen atoms in total. The SMILES string of the molecule is CCOC(=O)COc1c(C=Nc2sc3c(c2C(=O)Nc2ccccc2)CCCC3)cc(Br)cc1OC. The number of fused-ring (bicyclic) bond motifs is 1. The normalized spacial score (nSPS) is 12.8. The van der Waals surface area contributed by atoms with E-state index in [0.29, 0.717) is 27.6 Å². The Morgan fingerprint density at radius 2 is 1.94 bits per heavy atom. The van der Waals surface area contributed by atoms with E-state index in [2.05, 4.69) is 21.2 Å². The summed E-state index contributed by atoms with van der Waals surface area (Å²) in [7, 11) is 1.53. The van der Waals surface area contributed by atoms with Crippen molar-refractivity contribution in [2.75, 3.05) is 25.6 Å². The van der Waals surface area contributed by atoms with Gasteiger partial charge in [-0.15, -0.1) is 11.3 Å². The molecule has 1 aliphatic rings. The van der Waals surface area contributed by atoms with Gasteiger partial charge in [-0.1, -0.05) is 34.1 Å². The van der Waals surface area contributed by atoms with Crippen LogP contribution in [0.1, 0.15) is 46.1 Å². The molecule has 4 rings (SSSR count). The van der Waals surface area contributed by atoms with Crippen molar-refractivity contribution >= 4 is 56.0 Å². The number of halogens is 1. The standard InChI is InChI=1S/C27H27BrN2O5S/c1-3-34-23(31)16-35-25-17(13-18(28)14-21(25)33-2)15-29-27-24(20-11-7-8-12-22(20)36-27)26(32)30-19-9-5-4-6-10-19/h4-6,9-10,13-15H,3,7-8,11-12,16H2,1-2H3,(H,30,32). The fourth-order valence-corrected chi connectivity index (χ4v) is 5.73. The van der Waals surface area contributed by atoms with Gasteiger partial charge in [0.15, 0.2) is 18.1 Å². The third-order valence-corrected chi connectivity index (χ3v) is 7.30. The first kappa shape index (κ1) is 25.9. The Bertz CT molecular complexity index is 1270. The van der Waals surface area contributed by atoms with E-state index in [9.17, 15) is 9.59 Å². The highest BCUT2D eigenvalue weighted by atomic mass is 79.9. The van der Waals surface area contributed by atoms with Crippen LogP contribution in [0.5, 0.6) is 11.5 Å². The smallest absolute Gasteiger partial charge is 0.344 e. The van der Waals surface area contributed by atoms with Gasteiger partial charge in [-0.25, -0.2) is 9.79 Å². The topological polar surface area (TPSA) is 86.2 Å². The molecule has 0 saturated carbocycles. The van der Waals surface area contributed by atoms with Gasteiger partial charge in [0, 0.05) is 26.8 Å². The van der Waals surface area contributed by atoms with E-state index in [0.717, 1.165) is 41.4 Å². The van der Waals surface area contributed by atoms with Gasteiger partial charge < -0.3 is 19.5 Å². The number of carbonyl (C=O) groups is 2. The summed E-state index contributed by atoms with van der Waals surface area (Å²) in [5.41, 5.74) is 3.04. The minimum absolute atomic E-state index is 0.168. The molecule has 0 fully saturated rings. The van der Waals surface area contributed by atoms with Gasteiger partial charge in [-0.3, -0.25) is 4.79 Å². The van der Waals surface area contributed by atoms with Gasteiger partial charge in [-0.2, -0.15) is 0 Å². The van der Waals surface area contributed by atoms with Gasteiger partial charge in [-0.05, 0) is 62.4 Å². The summed E-state index contributed by atoms with van der Waals surface area (Å²) in [6.07, 6.45) is 5.60. The van der Waals surface area contributed by atoms with Crippen molar-refractivity contribution in [3.8, 4) is 11.5 Å². The number of hydrogen-bond donors (Lipinski definition) is 1. The molecule has 3 aromatic rings. The van der Waals surface area contributed by atoms with Crippen molar-refractivity contribution in [3.63, 3.8) is 0 Å². The third kappa shape index (κ3) is 6.14. The Hall–Kier alpha value is -3.17. The molecule has 0 atom stereocenters. The highest BCUT2D eigenvalue weighted by Gasteiger charge is 2.25. The number of carbonyl (C=O) groups excluding carboxylic acids is 2. The molecule has 1 amide bonds. The van der Waals surface area contributed by atoms with Crippen LogP contribution in [0, 0.1) is 0 Å². The summed E-state index contributed by atoms with van der Waals surface area (Å²) in [4.78, 5) is 31.2. The van der Waals surface area contributed by atoms with E-state index in [1.165, 1.54) is 12.0 Å². The number of methoxy groups -OCH3 is 1. The van der Waals surface area contributed by atoms with E-state index < -0.39 is 5.97 Å². The Morgan fingerprint density at radius 3 is 2.69 bits per heavy atom. The average molecular weight is 571 g/mol. The summed E-state index contributed by atoms with van der Waals surface area (Å²) in [5.74, 6) is 0.172. The lowest BCUT2D eigenvalue weighted by molar-refractivity contribution is -0.145. The van der Waals surface area contributed by atoms with Gasteiger partial charge >= 0.3 is 5.97 Å². The van der Waals surface area contributed by atoms with E-state index >= 15 is 0 Å². The van der Waals surface area contributed by atoms with Crippen LogP contribution in [0.2, 0.25) is 0 Å². The van der Waals surface area contributed by atoms with Crippen molar-refractivity contribution < 1.29 is 23.8 Å². The van der Waals surface area contributed by atoms with E-state index in [4.69, 9.17) is 19.2 Å². The summed E-state index contributed by atoms with van der Waals surface area (Å²) >= 11 is 5.04. The zero-order chi connectivity index (χ0) is 25.5. The Balaban J connectivity index is 1.69. The highest BCUT2D eigenvalue weighted by molar-refractivity contribution is 9.10. The van der Waals surface area contributed by atoms with Crippen molar-refractivity contribution in [1.82, 2.24) is 0 Å². The monoisotopic (exact) mass is 570 g/mol. The molecule has 0 unspecified atom stereocenters. The molecule has 0 aliphatic heterocycles. The number of amides is 1. The molecular weight excluding hydrogens is 544 g/mol. The lowest BCUT2D eigenvalue weighted by atomic mass is 9.95. The number of para-hydroxylation sites is 1. The third-order valence-electron chi connectivity index (χ3n) is 5.64. The van der Waals surface area contributed by atoms with Gasteiger partial charge in [0.25, 0.3) is 5.91 Å². The molecule has 2 aromatic carbocycles. The Morgan fingerprint density at radius 1 is 1.17 bits per heavy atom. The van der Waals surface area contributed by atoms with E-state index in [1.807, 2.05) is 36.4 Å². The lowest BCUT2D eigenvalue weighted by Crippen LogP contribution is -2.15. The predicted molar refractivity (Wildman–Crippen MR) is 145 cm³/mol. The molecule has 9 heteroatoms. The first-order valence-electron chi connectivity index (χ1n) is 11.7. The number of ether oxygens (including phenoxy) is 3. The fraction of sp³-hybridized carbons (Fsp3) is 0.296. The zero-order valence-electron chi connectivity index (χ0n) is 20.1. The summed E-state index contributed by atoms with van der Waals surface area (Å²) in [5, 5.41) is 3.65. The lowest BCUT2D eigenvalue weighted by Gasteiger charge is -2.14. The van der Waals surface area contributed by atoms with Crippen LogP contribution in [-0.4, -0.2) is 38.4 Å². The van der Waals surface area contributed by atoms with Crippen molar-refractivity contribution in [2.24, 2.45) is 4.99 Å². The minimum Gasteiger partial charge on any atom is -0.493 e. The second kappa shape index (κ2) is 12.2. The quantitative estimate of drug-likeness (QED) is 0.239.